The van der Waals surface area contributed by atoms with E-state index in [-0.39, 0.29) is 56.3 Å². The zero-order valence-corrected chi connectivity index (χ0v) is 15.4. The van der Waals surface area contributed by atoms with Crippen LogP contribution in [0.1, 0.15) is 25.0 Å². The minimum atomic E-state index is -4.44. The number of fused-ring (bicyclic) bond motifs is 1. The second-order valence-electron chi connectivity index (χ2n) is 4.22. The SMILES string of the molecule is CCc1ccc2cccc(S(=O)(=O)[O-])c2c1CC.[K+]. The molecule has 0 atom stereocenters. The summed E-state index contributed by atoms with van der Waals surface area (Å²) in [7, 11) is -4.44. The molecule has 2 rings (SSSR count). The summed E-state index contributed by atoms with van der Waals surface area (Å²) in [4.78, 5) is -0.104. The zero-order valence-electron chi connectivity index (χ0n) is 11.4. The molecule has 0 N–H and O–H groups in total. The van der Waals surface area contributed by atoms with Crippen LogP contribution in [0.25, 0.3) is 10.8 Å². The molecule has 0 aliphatic carbocycles. The van der Waals surface area contributed by atoms with E-state index in [1.807, 2.05) is 32.0 Å². The van der Waals surface area contributed by atoms with E-state index in [1.54, 1.807) is 6.07 Å². The molecule has 2 aromatic carbocycles. The fourth-order valence-corrected chi connectivity index (χ4v) is 3.14. The molecule has 0 fully saturated rings. The molecular formula is C14H15KO3S. The smallest absolute Gasteiger partial charge is 0.744 e. The molecular weight excluding hydrogens is 287 g/mol. The second-order valence-corrected chi connectivity index (χ2v) is 5.57. The molecule has 0 bridgehead atoms. The molecule has 2 aromatic rings. The third-order valence-electron chi connectivity index (χ3n) is 3.22. The van der Waals surface area contributed by atoms with Gasteiger partial charge in [0.05, 0.1) is 4.90 Å². The Kier molecular flexibility index (Phi) is 6.19. The Balaban J connectivity index is 0.00000180. The summed E-state index contributed by atoms with van der Waals surface area (Å²) in [6.45, 7) is 4.00. The first-order chi connectivity index (χ1) is 8.49. The van der Waals surface area contributed by atoms with Gasteiger partial charge in [-0.25, -0.2) is 8.42 Å². The van der Waals surface area contributed by atoms with E-state index in [0.717, 1.165) is 22.9 Å². The van der Waals surface area contributed by atoms with Crippen molar-refractivity contribution in [2.75, 3.05) is 0 Å². The van der Waals surface area contributed by atoms with E-state index in [4.69, 9.17) is 0 Å². The van der Waals surface area contributed by atoms with Gasteiger partial charge in [0.15, 0.2) is 0 Å². The Morgan fingerprint density at radius 3 is 2.26 bits per heavy atom. The van der Waals surface area contributed by atoms with E-state index < -0.39 is 10.1 Å². The summed E-state index contributed by atoms with van der Waals surface area (Å²) in [5.74, 6) is 0. The molecule has 0 amide bonds. The molecule has 0 spiro atoms. The first-order valence-corrected chi connectivity index (χ1v) is 7.39. The maximum Gasteiger partial charge on any atom is 1.00 e. The average molecular weight is 302 g/mol. The summed E-state index contributed by atoms with van der Waals surface area (Å²) in [6.07, 6.45) is 1.54. The van der Waals surface area contributed by atoms with Crippen LogP contribution in [0.4, 0.5) is 0 Å². The first kappa shape index (κ1) is 17.3. The first-order valence-electron chi connectivity index (χ1n) is 5.98. The predicted octanol–water partition coefficient (Wildman–Crippen LogP) is -0.127. The van der Waals surface area contributed by atoms with Crippen LogP contribution in [-0.2, 0) is 23.0 Å². The number of rotatable bonds is 3. The van der Waals surface area contributed by atoms with Gasteiger partial charge in [0.25, 0.3) is 0 Å². The van der Waals surface area contributed by atoms with Crippen LogP contribution < -0.4 is 51.4 Å². The van der Waals surface area contributed by atoms with E-state index in [9.17, 15) is 13.0 Å². The number of benzene rings is 2. The molecule has 19 heavy (non-hydrogen) atoms. The number of hydrogen-bond donors (Lipinski definition) is 0. The van der Waals surface area contributed by atoms with Crippen LogP contribution in [0.3, 0.4) is 0 Å². The molecule has 96 valence electrons. The summed E-state index contributed by atoms with van der Waals surface area (Å²) in [5.41, 5.74) is 2.06. The molecule has 0 heterocycles. The van der Waals surface area contributed by atoms with Crippen LogP contribution in [0.2, 0.25) is 0 Å². The van der Waals surface area contributed by atoms with Crippen LogP contribution in [-0.4, -0.2) is 13.0 Å². The Bertz CT molecular complexity index is 693. The average Bonchev–Trinajstić information content (AvgIpc) is 2.35. The topological polar surface area (TPSA) is 57.2 Å². The number of hydrogen-bond acceptors (Lipinski definition) is 3. The van der Waals surface area contributed by atoms with Gasteiger partial charge in [0, 0.05) is 5.39 Å². The second kappa shape index (κ2) is 6.80. The molecule has 5 heteroatoms. The van der Waals surface area contributed by atoms with Crippen molar-refractivity contribution in [3.63, 3.8) is 0 Å². The van der Waals surface area contributed by atoms with E-state index in [0.29, 0.717) is 11.8 Å². The van der Waals surface area contributed by atoms with Gasteiger partial charge in [-0.05, 0) is 35.4 Å². The fraction of sp³-hybridized carbons (Fsp3) is 0.286. The summed E-state index contributed by atoms with van der Waals surface area (Å²) in [6, 6.07) is 8.72. The van der Waals surface area contributed by atoms with Gasteiger partial charge in [-0.3, -0.25) is 0 Å². The van der Waals surface area contributed by atoms with Crippen molar-refractivity contribution < 1.29 is 64.4 Å². The van der Waals surface area contributed by atoms with Gasteiger partial charge < -0.3 is 4.55 Å². The largest absolute Gasteiger partial charge is 1.00 e. The van der Waals surface area contributed by atoms with Gasteiger partial charge in [-0.2, -0.15) is 0 Å². The van der Waals surface area contributed by atoms with Crippen LogP contribution in [0.5, 0.6) is 0 Å². The third kappa shape index (κ3) is 3.47. The van der Waals surface area contributed by atoms with Crippen molar-refractivity contribution in [2.24, 2.45) is 0 Å². The van der Waals surface area contributed by atoms with Crippen LogP contribution in [0, 0.1) is 0 Å². The van der Waals surface area contributed by atoms with Crippen LogP contribution >= 0.6 is 0 Å². The van der Waals surface area contributed by atoms with Gasteiger partial charge in [-0.15, -0.1) is 0 Å². The van der Waals surface area contributed by atoms with Crippen molar-refractivity contribution in [3.05, 3.63) is 41.5 Å². The van der Waals surface area contributed by atoms with Crippen molar-refractivity contribution in [2.45, 2.75) is 31.6 Å². The minimum Gasteiger partial charge on any atom is -0.744 e. The van der Waals surface area contributed by atoms with Gasteiger partial charge in [0.2, 0.25) is 0 Å². The van der Waals surface area contributed by atoms with Crippen molar-refractivity contribution in [3.8, 4) is 0 Å². The Morgan fingerprint density at radius 1 is 1.05 bits per heavy atom. The van der Waals surface area contributed by atoms with E-state index in [2.05, 4.69) is 0 Å². The molecule has 0 saturated carbocycles. The molecule has 3 nitrogen and oxygen atoms in total. The quantitative estimate of drug-likeness (QED) is 0.586. The van der Waals surface area contributed by atoms with Gasteiger partial charge in [-0.1, -0.05) is 38.1 Å². The van der Waals surface area contributed by atoms with Crippen LogP contribution in [0.15, 0.2) is 35.2 Å². The molecule has 0 saturated heterocycles. The Hall–Kier alpha value is 0.246. The van der Waals surface area contributed by atoms with E-state index >= 15 is 0 Å². The maximum atomic E-state index is 11.4. The molecule has 0 radical (unpaired) electrons. The summed E-state index contributed by atoms with van der Waals surface area (Å²) in [5, 5.41) is 1.40. The van der Waals surface area contributed by atoms with Gasteiger partial charge >= 0.3 is 51.4 Å². The predicted molar refractivity (Wildman–Crippen MR) is 70.7 cm³/mol. The third-order valence-corrected chi connectivity index (χ3v) is 4.09. The summed E-state index contributed by atoms with van der Waals surface area (Å²) >= 11 is 0. The van der Waals surface area contributed by atoms with Crippen molar-refractivity contribution in [1.29, 1.82) is 0 Å². The maximum absolute atomic E-state index is 11.4. The molecule has 0 aromatic heterocycles. The molecule has 0 aliphatic heterocycles. The monoisotopic (exact) mass is 302 g/mol. The summed E-state index contributed by atoms with van der Waals surface area (Å²) < 4.78 is 34.1. The molecule has 0 aliphatic rings. The van der Waals surface area contributed by atoms with Crippen molar-refractivity contribution >= 4 is 20.9 Å². The van der Waals surface area contributed by atoms with Crippen molar-refractivity contribution in [1.82, 2.24) is 0 Å². The number of aryl methyl sites for hydroxylation is 2. The normalized spacial score (nSPS) is 11.3. The van der Waals surface area contributed by atoms with E-state index in [1.165, 1.54) is 6.07 Å². The Labute approximate surface area is 156 Å². The van der Waals surface area contributed by atoms with Gasteiger partial charge in [0.1, 0.15) is 10.1 Å². The standard InChI is InChI=1S/C14H16O3S.K/c1-3-10-8-9-11-6-5-7-13(18(15,16)17)14(11)12(10)4-2;/h5-9H,3-4H2,1-2H3,(H,15,16,17);/q;+1/p-1. The molecule has 0 unspecified atom stereocenters. The minimum absolute atomic E-state index is 0. The zero-order chi connectivity index (χ0) is 13.3. The fourth-order valence-electron chi connectivity index (χ4n) is 2.40. The Morgan fingerprint density at radius 2 is 1.74 bits per heavy atom.